The Balaban J connectivity index is 1.64. The van der Waals surface area contributed by atoms with Gasteiger partial charge in [0.15, 0.2) is 0 Å². The van der Waals surface area contributed by atoms with Crippen LogP contribution >= 0.6 is 0 Å². The summed E-state index contributed by atoms with van der Waals surface area (Å²) >= 11 is 0. The van der Waals surface area contributed by atoms with E-state index in [-0.39, 0.29) is 47.8 Å². The first-order chi connectivity index (χ1) is 10.1. The van der Waals surface area contributed by atoms with Crippen LogP contribution in [0.4, 0.5) is 4.79 Å². The maximum absolute atomic E-state index is 12.6. The standard InChI is InChI=1S/C16H27N3O3/c1-15(2)7-10(8-16(3,4)22-15)17-14(21)19-9-13(20)18(5)11-6-12(11)19/h10-12H,6-9H2,1-5H3,(H,17,21)/t11-,12+/m1/s1. The van der Waals surface area contributed by atoms with Crippen molar-refractivity contribution in [1.82, 2.24) is 15.1 Å². The number of urea groups is 1. The zero-order valence-electron chi connectivity index (χ0n) is 14.2. The minimum absolute atomic E-state index is 0.0292. The van der Waals surface area contributed by atoms with Crippen LogP contribution < -0.4 is 5.32 Å². The van der Waals surface area contributed by atoms with Gasteiger partial charge in [-0.3, -0.25) is 4.79 Å². The Hall–Kier alpha value is -1.30. The third-order valence-electron chi connectivity index (χ3n) is 4.94. The van der Waals surface area contributed by atoms with Gasteiger partial charge in [-0.05, 0) is 47.0 Å². The molecule has 2 saturated heterocycles. The van der Waals surface area contributed by atoms with E-state index in [1.165, 1.54) is 0 Å². The number of ether oxygens (including phenoxy) is 1. The molecule has 0 aromatic rings. The van der Waals surface area contributed by atoms with Gasteiger partial charge in [0.05, 0.1) is 23.3 Å². The highest BCUT2D eigenvalue weighted by Gasteiger charge is 2.52. The lowest BCUT2D eigenvalue weighted by Gasteiger charge is -2.46. The number of carbonyl (C=O) groups is 2. The van der Waals surface area contributed by atoms with E-state index in [0.29, 0.717) is 0 Å². The molecule has 124 valence electrons. The highest BCUT2D eigenvalue weighted by Crippen LogP contribution is 2.37. The number of hydrogen-bond donors (Lipinski definition) is 1. The monoisotopic (exact) mass is 309 g/mol. The Morgan fingerprint density at radius 1 is 1.18 bits per heavy atom. The van der Waals surface area contributed by atoms with Crippen molar-refractivity contribution in [1.29, 1.82) is 0 Å². The molecule has 6 nitrogen and oxygen atoms in total. The second-order valence-electron chi connectivity index (χ2n) is 8.18. The Morgan fingerprint density at radius 3 is 2.36 bits per heavy atom. The molecule has 2 aliphatic heterocycles. The Morgan fingerprint density at radius 2 is 1.77 bits per heavy atom. The van der Waals surface area contributed by atoms with Crippen LogP contribution in [0.1, 0.15) is 47.0 Å². The minimum atomic E-state index is -0.250. The molecule has 1 N–H and O–H groups in total. The highest BCUT2D eigenvalue weighted by molar-refractivity contribution is 5.87. The summed E-state index contributed by atoms with van der Waals surface area (Å²) in [5.41, 5.74) is -0.500. The zero-order chi connectivity index (χ0) is 16.3. The first-order valence-corrected chi connectivity index (χ1v) is 8.11. The number of likely N-dealkylation sites (N-methyl/N-ethyl adjacent to an activating group) is 1. The predicted octanol–water partition coefficient (Wildman–Crippen LogP) is 1.35. The molecule has 0 unspecified atom stereocenters. The fraction of sp³-hybridized carbons (Fsp3) is 0.875. The fourth-order valence-electron chi connectivity index (χ4n) is 4.15. The summed E-state index contributed by atoms with van der Waals surface area (Å²) in [6.45, 7) is 8.43. The lowest BCUT2D eigenvalue weighted by Crippen LogP contribution is -2.58. The summed E-state index contributed by atoms with van der Waals surface area (Å²) in [6, 6.07) is 0.392. The molecular weight excluding hydrogens is 282 g/mol. The second-order valence-corrected chi connectivity index (χ2v) is 8.18. The zero-order valence-corrected chi connectivity index (χ0v) is 14.2. The summed E-state index contributed by atoms with van der Waals surface area (Å²) in [7, 11) is 1.83. The molecule has 0 aromatic heterocycles. The molecule has 0 spiro atoms. The molecule has 3 aliphatic rings. The molecule has 2 heterocycles. The third kappa shape index (κ3) is 2.93. The molecule has 0 bridgehead atoms. The molecule has 3 rings (SSSR count). The van der Waals surface area contributed by atoms with Crippen molar-refractivity contribution in [2.75, 3.05) is 13.6 Å². The van der Waals surface area contributed by atoms with Crippen LogP contribution in [-0.2, 0) is 9.53 Å². The van der Waals surface area contributed by atoms with Crippen LogP contribution in [0.25, 0.3) is 0 Å². The maximum atomic E-state index is 12.6. The van der Waals surface area contributed by atoms with Crippen molar-refractivity contribution in [2.24, 2.45) is 0 Å². The summed E-state index contributed by atoms with van der Waals surface area (Å²) < 4.78 is 6.05. The first-order valence-electron chi connectivity index (χ1n) is 8.11. The van der Waals surface area contributed by atoms with E-state index in [0.717, 1.165) is 19.3 Å². The number of nitrogens with one attached hydrogen (secondary N) is 1. The topological polar surface area (TPSA) is 61.9 Å². The van der Waals surface area contributed by atoms with Gasteiger partial charge in [-0.1, -0.05) is 0 Å². The van der Waals surface area contributed by atoms with Gasteiger partial charge >= 0.3 is 6.03 Å². The Bertz CT molecular complexity index is 487. The third-order valence-corrected chi connectivity index (χ3v) is 4.94. The van der Waals surface area contributed by atoms with Gasteiger partial charge in [-0.25, -0.2) is 4.79 Å². The van der Waals surface area contributed by atoms with Gasteiger partial charge in [0.25, 0.3) is 0 Å². The van der Waals surface area contributed by atoms with E-state index in [4.69, 9.17) is 4.74 Å². The predicted molar refractivity (Wildman–Crippen MR) is 82.5 cm³/mol. The summed E-state index contributed by atoms with van der Waals surface area (Å²) in [4.78, 5) is 28.0. The van der Waals surface area contributed by atoms with Crippen molar-refractivity contribution in [3.8, 4) is 0 Å². The van der Waals surface area contributed by atoms with E-state index < -0.39 is 0 Å². The number of piperazine rings is 1. The number of amides is 3. The van der Waals surface area contributed by atoms with E-state index in [1.54, 1.807) is 9.80 Å². The van der Waals surface area contributed by atoms with E-state index in [2.05, 4.69) is 33.0 Å². The highest BCUT2D eigenvalue weighted by atomic mass is 16.5. The summed E-state index contributed by atoms with van der Waals surface area (Å²) in [6.07, 6.45) is 2.48. The van der Waals surface area contributed by atoms with Gasteiger partial charge in [0.1, 0.15) is 6.54 Å². The number of hydrogen-bond acceptors (Lipinski definition) is 3. The van der Waals surface area contributed by atoms with E-state index in [1.807, 2.05) is 7.05 Å². The van der Waals surface area contributed by atoms with Gasteiger partial charge < -0.3 is 19.9 Å². The van der Waals surface area contributed by atoms with Crippen LogP contribution in [0.3, 0.4) is 0 Å². The number of rotatable bonds is 1. The lowest BCUT2D eigenvalue weighted by molar-refractivity contribution is -0.163. The average molecular weight is 309 g/mol. The van der Waals surface area contributed by atoms with Gasteiger partial charge in [0.2, 0.25) is 5.91 Å². The molecule has 6 heteroatoms. The van der Waals surface area contributed by atoms with Gasteiger partial charge in [0, 0.05) is 13.1 Å². The van der Waals surface area contributed by atoms with E-state index in [9.17, 15) is 9.59 Å². The normalized spacial score (nSPS) is 33.4. The fourth-order valence-corrected chi connectivity index (χ4v) is 4.15. The number of nitrogens with zero attached hydrogens (tertiary/aromatic N) is 2. The molecule has 1 aliphatic carbocycles. The summed E-state index contributed by atoms with van der Waals surface area (Å²) in [5.74, 6) is 0.0292. The quantitative estimate of drug-likeness (QED) is 0.795. The summed E-state index contributed by atoms with van der Waals surface area (Å²) in [5, 5.41) is 3.13. The molecule has 0 radical (unpaired) electrons. The van der Waals surface area contributed by atoms with Crippen LogP contribution in [0, 0.1) is 0 Å². The maximum Gasteiger partial charge on any atom is 0.318 e. The molecule has 3 amide bonds. The van der Waals surface area contributed by atoms with Crippen molar-refractivity contribution in [3.63, 3.8) is 0 Å². The van der Waals surface area contributed by atoms with Gasteiger partial charge in [-0.2, -0.15) is 0 Å². The van der Waals surface area contributed by atoms with Crippen molar-refractivity contribution < 1.29 is 14.3 Å². The van der Waals surface area contributed by atoms with Crippen molar-refractivity contribution in [3.05, 3.63) is 0 Å². The van der Waals surface area contributed by atoms with Crippen LogP contribution in [0.15, 0.2) is 0 Å². The molecule has 1 saturated carbocycles. The number of carbonyl (C=O) groups excluding carboxylic acids is 2. The molecule has 2 atom stereocenters. The number of fused-ring (bicyclic) bond motifs is 1. The molecule has 3 fully saturated rings. The Kier molecular flexibility index (Phi) is 3.43. The van der Waals surface area contributed by atoms with Crippen molar-refractivity contribution in [2.45, 2.75) is 76.3 Å². The molecule has 22 heavy (non-hydrogen) atoms. The van der Waals surface area contributed by atoms with E-state index >= 15 is 0 Å². The minimum Gasteiger partial charge on any atom is -0.370 e. The van der Waals surface area contributed by atoms with Gasteiger partial charge in [-0.15, -0.1) is 0 Å². The SMILES string of the molecule is CN1C(=O)CN(C(=O)NC2CC(C)(C)OC(C)(C)C2)[C@H]2C[C@H]21. The van der Waals surface area contributed by atoms with Crippen molar-refractivity contribution >= 4 is 11.9 Å². The van der Waals surface area contributed by atoms with Crippen LogP contribution in [-0.4, -0.2) is 64.7 Å². The largest absolute Gasteiger partial charge is 0.370 e. The first kappa shape index (κ1) is 15.6. The molecule has 0 aromatic carbocycles. The lowest BCUT2D eigenvalue weighted by atomic mass is 9.85. The second kappa shape index (κ2) is 4.85. The van der Waals surface area contributed by atoms with Crippen LogP contribution in [0.5, 0.6) is 0 Å². The smallest absolute Gasteiger partial charge is 0.318 e. The van der Waals surface area contributed by atoms with Crippen LogP contribution in [0.2, 0.25) is 0 Å². The Labute approximate surface area is 132 Å². The molecular formula is C16H27N3O3. The average Bonchev–Trinajstić information content (AvgIpc) is 3.09.